The summed E-state index contributed by atoms with van der Waals surface area (Å²) in [5.41, 5.74) is 0. The Balaban J connectivity index is 5.51. The third-order valence-electron chi connectivity index (χ3n) is 3.95. The van der Waals surface area contributed by atoms with Gasteiger partial charge in [0.15, 0.2) is 0 Å². The molecule has 0 fully saturated rings. The quantitative estimate of drug-likeness (QED) is 0.625. The van der Waals surface area contributed by atoms with E-state index in [9.17, 15) is 0 Å². The van der Waals surface area contributed by atoms with E-state index < -0.39 is 14.2 Å². The third-order valence-corrected chi connectivity index (χ3v) is 15.2. The number of rotatable bonds is 8. The normalized spacial score (nSPS) is 13.4. The van der Waals surface area contributed by atoms with Crippen molar-refractivity contribution in [1.82, 2.24) is 15.4 Å². The average Bonchev–Trinajstić information content (AvgIpc) is 2.37. The van der Waals surface area contributed by atoms with E-state index in [0.29, 0.717) is 0 Å². The standard InChI is InChI=1S/C12H32GeN4/c1-9-14(5)13(15(6)10-2,16(7)11-3)17(8)12-4/h9-12H2,1-8H3. The molecule has 0 atom stereocenters. The summed E-state index contributed by atoms with van der Waals surface area (Å²) < 4.78 is 10.4. The molecule has 0 rings (SSSR count). The fraction of sp³-hybridized carbons (Fsp3) is 1.00. The van der Waals surface area contributed by atoms with Crippen LogP contribution in [0.15, 0.2) is 0 Å². The van der Waals surface area contributed by atoms with Gasteiger partial charge < -0.3 is 0 Å². The van der Waals surface area contributed by atoms with Crippen LogP contribution < -0.4 is 0 Å². The second-order valence-corrected chi connectivity index (χ2v) is 13.6. The Morgan fingerprint density at radius 3 is 0.824 bits per heavy atom. The summed E-state index contributed by atoms with van der Waals surface area (Å²) in [7, 11) is 9.13. The van der Waals surface area contributed by atoms with Crippen molar-refractivity contribution in [2.45, 2.75) is 27.7 Å². The van der Waals surface area contributed by atoms with Gasteiger partial charge in [-0.25, -0.2) is 0 Å². The number of hydrogen-bond acceptors (Lipinski definition) is 4. The van der Waals surface area contributed by atoms with Crippen LogP contribution in [0.3, 0.4) is 0 Å². The van der Waals surface area contributed by atoms with E-state index in [4.69, 9.17) is 0 Å². The van der Waals surface area contributed by atoms with Crippen LogP contribution in [0, 0.1) is 0 Å². The first-order valence-corrected chi connectivity index (χ1v) is 10.5. The Labute approximate surface area is 112 Å². The summed E-state index contributed by atoms with van der Waals surface area (Å²) in [6.07, 6.45) is 0. The van der Waals surface area contributed by atoms with E-state index in [2.05, 4.69) is 71.3 Å². The minimum absolute atomic E-state index is 1.11. The summed E-state index contributed by atoms with van der Waals surface area (Å²) >= 11 is -2.49. The molecule has 0 aromatic carbocycles. The van der Waals surface area contributed by atoms with Crippen LogP contribution in [-0.2, 0) is 0 Å². The molecule has 17 heavy (non-hydrogen) atoms. The minimum atomic E-state index is -2.49. The Kier molecular flexibility index (Phi) is 7.91. The van der Waals surface area contributed by atoms with Crippen LogP contribution in [0.25, 0.3) is 0 Å². The van der Waals surface area contributed by atoms with Gasteiger partial charge in [-0.15, -0.1) is 0 Å². The molecule has 0 aromatic heterocycles. The zero-order valence-electron chi connectivity index (χ0n) is 13.1. The van der Waals surface area contributed by atoms with Crippen LogP contribution in [-0.4, -0.2) is 84.0 Å². The van der Waals surface area contributed by atoms with Gasteiger partial charge in [-0.05, 0) is 0 Å². The van der Waals surface area contributed by atoms with Crippen LogP contribution in [0.4, 0.5) is 0 Å². The van der Waals surface area contributed by atoms with Crippen molar-refractivity contribution in [3.63, 3.8) is 0 Å². The first-order chi connectivity index (χ1) is 7.93. The molecule has 0 heterocycles. The molecule has 0 aromatic rings. The maximum absolute atomic E-state index is 2.59. The summed E-state index contributed by atoms with van der Waals surface area (Å²) in [6.45, 7) is 13.5. The predicted octanol–water partition coefficient (Wildman–Crippen LogP) is 1.23. The molecule has 0 aliphatic heterocycles. The van der Waals surface area contributed by atoms with Crippen LogP contribution in [0.1, 0.15) is 27.7 Å². The third kappa shape index (κ3) is 3.23. The van der Waals surface area contributed by atoms with Crippen molar-refractivity contribution in [2.75, 3.05) is 54.4 Å². The van der Waals surface area contributed by atoms with Crippen molar-refractivity contribution < 1.29 is 0 Å². The molecule has 0 amide bonds. The molecule has 0 aliphatic carbocycles. The Morgan fingerprint density at radius 1 is 0.529 bits per heavy atom. The van der Waals surface area contributed by atoms with Crippen LogP contribution in [0.2, 0.25) is 0 Å². The van der Waals surface area contributed by atoms with Crippen molar-refractivity contribution in [3.8, 4) is 0 Å². The van der Waals surface area contributed by atoms with Gasteiger partial charge in [-0.2, -0.15) is 0 Å². The van der Waals surface area contributed by atoms with E-state index in [1.54, 1.807) is 0 Å². The molecule has 0 saturated carbocycles. The summed E-state index contributed by atoms with van der Waals surface area (Å²) in [5.74, 6) is 0. The van der Waals surface area contributed by atoms with Gasteiger partial charge >= 0.3 is 112 Å². The average molecular weight is 305 g/mol. The van der Waals surface area contributed by atoms with Gasteiger partial charge in [0.2, 0.25) is 0 Å². The van der Waals surface area contributed by atoms with E-state index >= 15 is 0 Å². The van der Waals surface area contributed by atoms with E-state index in [-0.39, 0.29) is 0 Å². The molecule has 0 spiro atoms. The molecular weight excluding hydrogens is 273 g/mol. The van der Waals surface area contributed by atoms with E-state index in [1.807, 2.05) is 0 Å². The second-order valence-electron chi connectivity index (χ2n) is 4.66. The molecule has 0 radical (unpaired) electrons. The van der Waals surface area contributed by atoms with Crippen LogP contribution in [0.5, 0.6) is 0 Å². The number of nitrogens with zero attached hydrogens (tertiary/aromatic N) is 4. The zero-order chi connectivity index (χ0) is 13.6. The monoisotopic (exact) mass is 306 g/mol. The fourth-order valence-electron chi connectivity index (χ4n) is 2.60. The van der Waals surface area contributed by atoms with Gasteiger partial charge in [0, 0.05) is 0 Å². The van der Waals surface area contributed by atoms with E-state index in [0.717, 1.165) is 26.2 Å². The van der Waals surface area contributed by atoms with Gasteiger partial charge in [-0.3, -0.25) is 0 Å². The summed E-state index contributed by atoms with van der Waals surface area (Å²) in [4.78, 5) is 0. The molecule has 104 valence electrons. The molecule has 5 heteroatoms. The van der Waals surface area contributed by atoms with Gasteiger partial charge in [-0.1, -0.05) is 0 Å². The van der Waals surface area contributed by atoms with Crippen LogP contribution >= 0.6 is 0 Å². The Bertz CT molecular complexity index is 167. The summed E-state index contributed by atoms with van der Waals surface area (Å²) in [6, 6.07) is 0. The molecule has 4 nitrogen and oxygen atoms in total. The van der Waals surface area contributed by atoms with Gasteiger partial charge in [0.05, 0.1) is 0 Å². The molecule has 0 N–H and O–H groups in total. The molecule has 0 unspecified atom stereocenters. The SMILES string of the molecule is CC[N](C)[Ge]([N](C)CC)([N](C)CC)[N](C)CC. The fourth-order valence-corrected chi connectivity index (χ4v) is 13.5. The van der Waals surface area contributed by atoms with E-state index in [1.165, 1.54) is 0 Å². The molecule has 0 bridgehead atoms. The Morgan fingerprint density at radius 2 is 0.706 bits per heavy atom. The Hall–Kier alpha value is 0.383. The number of hydrogen-bond donors (Lipinski definition) is 0. The first kappa shape index (κ1) is 17.4. The first-order valence-electron chi connectivity index (χ1n) is 6.78. The van der Waals surface area contributed by atoms with Gasteiger partial charge in [0.1, 0.15) is 0 Å². The zero-order valence-corrected chi connectivity index (χ0v) is 15.2. The molecule has 0 saturated heterocycles. The van der Waals surface area contributed by atoms with Gasteiger partial charge in [0.25, 0.3) is 0 Å². The summed E-state index contributed by atoms with van der Waals surface area (Å²) in [5, 5.41) is 0. The topological polar surface area (TPSA) is 13.0 Å². The second kappa shape index (κ2) is 7.74. The van der Waals surface area contributed by atoms with Crippen molar-refractivity contribution in [1.29, 1.82) is 0 Å². The van der Waals surface area contributed by atoms with Crippen molar-refractivity contribution in [2.24, 2.45) is 0 Å². The predicted molar refractivity (Wildman–Crippen MR) is 79.0 cm³/mol. The maximum atomic E-state index is 2.59. The molecular formula is C12H32GeN4. The molecule has 0 aliphatic rings. The van der Waals surface area contributed by atoms with Crippen molar-refractivity contribution >= 4 is 14.2 Å². The van der Waals surface area contributed by atoms with Crippen molar-refractivity contribution in [3.05, 3.63) is 0 Å².